The first-order chi connectivity index (χ1) is 17.1. The normalized spacial score (nSPS) is 15.2. The number of carbonyl (C=O) groups is 2. The lowest BCUT2D eigenvalue weighted by Gasteiger charge is -2.42. The molecule has 6 heteroatoms. The molecule has 0 aromatic heterocycles. The summed E-state index contributed by atoms with van der Waals surface area (Å²) < 4.78 is 12.5. The highest BCUT2D eigenvalue weighted by atomic mass is 28.4. The maximum atomic E-state index is 13.6. The summed E-state index contributed by atoms with van der Waals surface area (Å²) in [5.74, 6) is -0.592. The van der Waals surface area contributed by atoms with Crippen molar-refractivity contribution in [3.8, 4) is 0 Å². The summed E-state index contributed by atoms with van der Waals surface area (Å²) in [6.45, 7) is 18.7. The van der Waals surface area contributed by atoms with E-state index in [1.54, 1.807) is 4.90 Å². The minimum atomic E-state index is -2.17. The van der Waals surface area contributed by atoms with Gasteiger partial charge in [-0.15, -0.1) is 0 Å². The van der Waals surface area contributed by atoms with E-state index in [2.05, 4.69) is 33.9 Å². The fourth-order valence-electron chi connectivity index (χ4n) is 3.80. The molecule has 0 bridgehead atoms. The van der Waals surface area contributed by atoms with Crippen LogP contribution < -0.4 is 0 Å². The standard InChI is InChI=1S/C31H45NO4Si/c1-24(36-37(8,9)31(5,6)7)27(23-33)28(21-20-25-16-12-10-13-17-25)32(29(34)35-30(2,3)4)22-26-18-14-11-15-19-26/h10-21,23-24,27-28H,22H2,1-9H3/b21-20+/t24-,27-,28-/m0/s1. The van der Waals surface area contributed by atoms with Crippen molar-refractivity contribution in [2.75, 3.05) is 0 Å². The van der Waals surface area contributed by atoms with E-state index in [0.29, 0.717) is 6.54 Å². The van der Waals surface area contributed by atoms with Gasteiger partial charge in [0.15, 0.2) is 8.32 Å². The quantitative estimate of drug-likeness (QED) is 0.236. The van der Waals surface area contributed by atoms with Crippen molar-refractivity contribution in [1.29, 1.82) is 0 Å². The molecule has 0 saturated carbocycles. The Morgan fingerprint density at radius 3 is 1.97 bits per heavy atom. The summed E-state index contributed by atoms with van der Waals surface area (Å²) in [5.41, 5.74) is 1.26. The molecule has 2 aromatic rings. The van der Waals surface area contributed by atoms with Crippen LogP contribution in [0.2, 0.25) is 18.1 Å². The van der Waals surface area contributed by atoms with E-state index in [-0.39, 0.29) is 5.04 Å². The predicted molar refractivity (Wildman–Crippen MR) is 155 cm³/mol. The molecule has 0 radical (unpaired) electrons. The molecule has 0 unspecified atom stereocenters. The second-order valence-corrected chi connectivity index (χ2v) is 16.9. The predicted octanol–water partition coefficient (Wildman–Crippen LogP) is 7.73. The fraction of sp³-hybridized carbons (Fsp3) is 0.484. The molecule has 2 rings (SSSR count). The average Bonchev–Trinajstić information content (AvgIpc) is 2.79. The van der Waals surface area contributed by atoms with Gasteiger partial charge < -0.3 is 14.0 Å². The van der Waals surface area contributed by atoms with Crippen LogP contribution in [0.3, 0.4) is 0 Å². The Morgan fingerprint density at radius 1 is 0.946 bits per heavy atom. The first-order valence-electron chi connectivity index (χ1n) is 13.0. The number of hydrogen-bond donors (Lipinski definition) is 0. The zero-order valence-electron chi connectivity index (χ0n) is 24.0. The van der Waals surface area contributed by atoms with Crippen LogP contribution in [-0.2, 0) is 20.5 Å². The molecule has 0 saturated heterocycles. The third-order valence-electron chi connectivity index (χ3n) is 6.85. The Balaban J connectivity index is 2.57. The van der Waals surface area contributed by atoms with Crippen molar-refractivity contribution in [2.24, 2.45) is 5.92 Å². The molecule has 0 fully saturated rings. The highest BCUT2D eigenvalue weighted by molar-refractivity contribution is 6.74. The number of amides is 1. The molecule has 1 amide bonds. The minimum Gasteiger partial charge on any atom is -0.444 e. The number of carbonyl (C=O) groups excluding carboxylic acids is 2. The lowest BCUT2D eigenvalue weighted by molar-refractivity contribution is -0.115. The van der Waals surface area contributed by atoms with Gasteiger partial charge in [0.05, 0.1) is 18.1 Å². The van der Waals surface area contributed by atoms with E-state index >= 15 is 0 Å². The topological polar surface area (TPSA) is 55.8 Å². The smallest absolute Gasteiger partial charge is 0.411 e. The van der Waals surface area contributed by atoms with Crippen LogP contribution in [0.25, 0.3) is 6.08 Å². The molecule has 0 N–H and O–H groups in total. The number of rotatable bonds is 10. The Hall–Kier alpha value is -2.70. The highest BCUT2D eigenvalue weighted by Gasteiger charge is 2.42. The first kappa shape index (κ1) is 30.5. The van der Waals surface area contributed by atoms with E-state index in [1.165, 1.54) is 0 Å². The number of ether oxygens (including phenoxy) is 1. The lowest BCUT2D eigenvalue weighted by atomic mass is 9.93. The van der Waals surface area contributed by atoms with Gasteiger partial charge in [-0.25, -0.2) is 4.79 Å². The zero-order chi connectivity index (χ0) is 27.9. The second kappa shape index (κ2) is 12.7. The maximum absolute atomic E-state index is 13.6. The number of benzene rings is 2. The van der Waals surface area contributed by atoms with Crippen molar-refractivity contribution in [1.82, 2.24) is 4.90 Å². The van der Waals surface area contributed by atoms with Gasteiger partial charge >= 0.3 is 6.09 Å². The molecule has 5 nitrogen and oxygen atoms in total. The summed E-state index contributed by atoms with van der Waals surface area (Å²) in [6, 6.07) is 19.1. The number of aldehydes is 1. The van der Waals surface area contributed by atoms with Crippen LogP contribution in [0.5, 0.6) is 0 Å². The summed E-state index contributed by atoms with van der Waals surface area (Å²) >= 11 is 0. The van der Waals surface area contributed by atoms with Crippen molar-refractivity contribution in [2.45, 2.75) is 90.9 Å². The Kier molecular flexibility index (Phi) is 10.5. The monoisotopic (exact) mass is 523 g/mol. The van der Waals surface area contributed by atoms with Gasteiger partial charge in [-0.1, -0.05) is 93.6 Å². The molecule has 2 aromatic carbocycles. The molecule has 0 spiro atoms. The van der Waals surface area contributed by atoms with Gasteiger partial charge in [-0.05, 0) is 57.0 Å². The second-order valence-electron chi connectivity index (χ2n) is 12.2. The van der Waals surface area contributed by atoms with Gasteiger partial charge in [0.1, 0.15) is 11.9 Å². The number of nitrogens with zero attached hydrogens (tertiary/aromatic N) is 1. The largest absolute Gasteiger partial charge is 0.444 e. The van der Waals surface area contributed by atoms with Gasteiger partial charge in [0.2, 0.25) is 0 Å². The Labute approximate surface area is 225 Å². The van der Waals surface area contributed by atoms with Crippen molar-refractivity contribution >= 4 is 26.8 Å². The van der Waals surface area contributed by atoms with Gasteiger partial charge in [-0.3, -0.25) is 4.90 Å². The molecular weight excluding hydrogens is 478 g/mol. The summed E-state index contributed by atoms with van der Waals surface area (Å²) in [6.07, 6.45) is 3.96. The molecule has 0 heterocycles. The lowest BCUT2D eigenvalue weighted by Crippen LogP contribution is -2.52. The van der Waals surface area contributed by atoms with Crippen molar-refractivity contribution in [3.05, 3.63) is 77.9 Å². The van der Waals surface area contributed by atoms with Gasteiger partial charge in [0.25, 0.3) is 0 Å². The summed E-state index contributed by atoms with van der Waals surface area (Å²) in [5, 5.41) is -0.0149. The molecular formula is C31H45NO4Si. The van der Waals surface area contributed by atoms with Crippen LogP contribution in [0.4, 0.5) is 4.79 Å². The highest BCUT2D eigenvalue weighted by Crippen LogP contribution is 2.38. The van der Waals surface area contributed by atoms with Crippen LogP contribution in [0.1, 0.15) is 59.6 Å². The molecule has 0 aliphatic rings. The van der Waals surface area contributed by atoms with Crippen LogP contribution in [0.15, 0.2) is 66.7 Å². The molecule has 202 valence electrons. The third kappa shape index (κ3) is 9.28. The molecule has 3 atom stereocenters. The van der Waals surface area contributed by atoms with Crippen LogP contribution in [-0.4, -0.2) is 43.3 Å². The van der Waals surface area contributed by atoms with E-state index in [4.69, 9.17) is 9.16 Å². The minimum absolute atomic E-state index is 0.0149. The molecule has 0 aliphatic heterocycles. The van der Waals surface area contributed by atoms with Crippen LogP contribution >= 0.6 is 0 Å². The van der Waals surface area contributed by atoms with Crippen molar-refractivity contribution < 1.29 is 18.8 Å². The van der Waals surface area contributed by atoms with E-state index in [0.717, 1.165) is 17.4 Å². The maximum Gasteiger partial charge on any atom is 0.411 e. The summed E-state index contributed by atoms with van der Waals surface area (Å²) in [7, 11) is -2.17. The molecule has 0 aliphatic carbocycles. The van der Waals surface area contributed by atoms with E-state index < -0.39 is 38.1 Å². The van der Waals surface area contributed by atoms with Gasteiger partial charge in [-0.2, -0.15) is 0 Å². The van der Waals surface area contributed by atoms with Crippen molar-refractivity contribution in [3.63, 3.8) is 0 Å². The fourth-order valence-corrected chi connectivity index (χ4v) is 5.24. The zero-order valence-corrected chi connectivity index (χ0v) is 25.0. The number of hydrogen-bond acceptors (Lipinski definition) is 4. The van der Waals surface area contributed by atoms with E-state index in [9.17, 15) is 9.59 Å². The van der Waals surface area contributed by atoms with Crippen LogP contribution in [0, 0.1) is 5.92 Å². The SMILES string of the molecule is C[C@H](O[Si](C)(C)C(C)(C)C)[C@H](C=O)[C@H](/C=C/c1ccccc1)N(Cc1ccccc1)C(=O)OC(C)(C)C. The Bertz CT molecular complexity index is 1020. The third-order valence-corrected chi connectivity index (χ3v) is 11.4. The van der Waals surface area contributed by atoms with Gasteiger partial charge in [0, 0.05) is 6.54 Å². The molecule has 37 heavy (non-hydrogen) atoms. The average molecular weight is 524 g/mol. The first-order valence-corrected chi connectivity index (χ1v) is 16.0. The Morgan fingerprint density at radius 2 is 1.49 bits per heavy atom. The van der Waals surface area contributed by atoms with E-state index in [1.807, 2.05) is 101 Å². The summed E-state index contributed by atoms with van der Waals surface area (Å²) in [4.78, 5) is 28.0.